The van der Waals surface area contributed by atoms with E-state index in [1.165, 1.54) is 11.1 Å². The standard InChI is InChI=1S/C14H20N2/c1-4-12-5-7-13(8-6-12)9-10-16-14(2,3)11-15/h5-8,16H,4,9-10H2,1-3H3. The fourth-order valence-electron chi connectivity index (χ4n) is 1.50. The molecule has 0 bridgehead atoms. The second kappa shape index (κ2) is 5.67. The Labute approximate surface area is 98.3 Å². The Morgan fingerprint density at radius 2 is 1.75 bits per heavy atom. The molecule has 0 aliphatic carbocycles. The van der Waals surface area contributed by atoms with E-state index in [9.17, 15) is 0 Å². The van der Waals surface area contributed by atoms with Crippen LogP contribution in [0.5, 0.6) is 0 Å². The molecule has 1 aromatic rings. The fourth-order valence-corrected chi connectivity index (χ4v) is 1.50. The van der Waals surface area contributed by atoms with Crippen LogP contribution in [0.4, 0.5) is 0 Å². The zero-order valence-electron chi connectivity index (χ0n) is 10.4. The van der Waals surface area contributed by atoms with Crippen molar-refractivity contribution < 1.29 is 0 Å². The van der Waals surface area contributed by atoms with Crippen molar-refractivity contribution in [3.8, 4) is 6.07 Å². The number of hydrogen-bond donors (Lipinski definition) is 1. The third-order valence-electron chi connectivity index (χ3n) is 2.69. The lowest BCUT2D eigenvalue weighted by Gasteiger charge is -2.17. The first-order valence-corrected chi connectivity index (χ1v) is 5.81. The van der Waals surface area contributed by atoms with Gasteiger partial charge in [-0.25, -0.2) is 0 Å². The Hall–Kier alpha value is -1.33. The number of nitriles is 1. The fraction of sp³-hybridized carbons (Fsp3) is 0.500. The molecule has 2 heteroatoms. The van der Waals surface area contributed by atoms with E-state index in [1.54, 1.807) is 0 Å². The molecule has 0 amide bonds. The molecule has 0 aromatic heterocycles. The monoisotopic (exact) mass is 216 g/mol. The van der Waals surface area contributed by atoms with Gasteiger partial charge in [0.2, 0.25) is 0 Å². The first-order valence-electron chi connectivity index (χ1n) is 5.81. The van der Waals surface area contributed by atoms with Crippen molar-refractivity contribution >= 4 is 0 Å². The van der Waals surface area contributed by atoms with E-state index in [0.717, 1.165) is 19.4 Å². The van der Waals surface area contributed by atoms with Crippen LogP contribution < -0.4 is 5.32 Å². The average molecular weight is 216 g/mol. The summed E-state index contributed by atoms with van der Waals surface area (Å²) in [6.07, 6.45) is 2.05. The molecule has 0 aliphatic rings. The number of rotatable bonds is 5. The van der Waals surface area contributed by atoms with Crippen molar-refractivity contribution in [1.82, 2.24) is 5.32 Å². The maximum absolute atomic E-state index is 8.85. The summed E-state index contributed by atoms with van der Waals surface area (Å²) < 4.78 is 0. The molecule has 0 heterocycles. The highest BCUT2D eigenvalue weighted by atomic mass is 14.9. The highest BCUT2D eigenvalue weighted by Crippen LogP contribution is 2.06. The molecule has 0 radical (unpaired) electrons. The zero-order valence-corrected chi connectivity index (χ0v) is 10.4. The minimum atomic E-state index is -0.427. The van der Waals surface area contributed by atoms with Crippen LogP contribution in [0, 0.1) is 11.3 Å². The first-order chi connectivity index (χ1) is 7.57. The number of nitrogens with one attached hydrogen (secondary N) is 1. The molecule has 0 fully saturated rings. The average Bonchev–Trinajstić information content (AvgIpc) is 2.30. The van der Waals surface area contributed by atoms with Crippen molar-refractivity contribution in [3.63, 3.8) is 0 Å². The van der Waals surface area contributed by atoms with Gasteiger partial charge in [0.05, 0.1) is 6.07 Å². The van der Waals surface area contributed by atoms with Gasteiger partial charge >= 0.3 is 0 Å². The van der Waals surface area contributed by atoms with E-state index in [0.29, 0.717) is 0 Å². The predicted molar refractivity (Wildman–Crippen MR) is 67.2 cm³/mol. The van der Waals surface area contributed by atoms with E-state index in [-0.39, 0.29) is 0 Å². The normalized spacial score (nSPS) is 11.1. The smallest absolute Gasteiger partial charge is 0.101 e. The molecule has 0 atom stereocenters. The van der Waals surface area contributed by atoms with Crippen LogP contribution in [-0.2, 0) is 12.8 Å². The molecule has 0 saturated carbocycles. The number of nitrogens with zero attached hydrogens (tertiary/aromatic N) is 1. The second-order valence-electron chi connectivity index (χ2n) is 4.58. The second-order valence-corrected chi connectivity index (χ2v) is 4.58. The number of hydrogen-bond acceptors (Lipinski definition) is 2. The summed E-state index contributed by atoms with van der Waals surface area (Å²) >= 11 is 0. The van der Waals surface area contributed by atoms with Crippen LogP contribution in [0.15, 0.2) is 24.3 Å². The number of aryl methyl sites for hydroxylation is 1. The summed E-state index contributed by atoms with van der Waals surface area (Å²) in [6, 6.07) is 10.9. The molecular formula is C14H20N2. The summed E-state index contributed by atoms with van der Waals surface area (Å²) in [7, 11) is 0. The van der Waals surface area contributed by atoms with E-state index in [2.05, 4.69) is 42.6 Å². The summed E-state index contributed by atoms with van der Waals surface area (Å²) in [5.41, 5.74) is 2.26. The van der Waals surface area contributed by atoms with Gasteiger partial charge in [0.25, 0.3) is 0 Å². The van der Waals surface area contributed by atoms with Gasteiger partial charge < -0.3 is 0 Å². The molecule has 1 N–H and O–H groups in total. The highest BCUT2D eigenvalue weighted by molar-refractivity contribution is 5.22. The summed E-state index contributed by atoms with van der Waals surface area (Å²) in [6.45, 7) is 6.79. The quantitative estimate of drug-likeness (QED) is 0.821. The summed E-state index contributed by atoms with van der Waals surface area (Å²) in [5, 5.41) is 12.1. The zero-order chi connectivity index (χ0) is 12.0. The van der Waals surface area contributed by atoms with Crippen LogP contribution in [0.1, 0.15) is 31.9 Å². The van der Waals surface area contributed by atoms with Gasteiger partial charge in [-0.2, -0.15) is 5.26 Å². The minimum absolute atomic E-state index is 0.427. The maximum Gasteiger partial charge on any atom is 0.101 e. The third-order valence-corrected chi connectivity index (χ3v) is 2.69. The molecular weight excluding hydrogens is 196 g/mol. The Morgan fingerprint density at radius 3 is 2.25 bits per heavy atom. The molecule has 0 aliphatic heterocycles. The summed E-state index contributed by atoms with van der Waals surface area (Å²) in [4.78, 5) is 0. The van der Waals surface area contributed by atoms with E-state index < -0.39 is 5.54 Å². The van der Waals surface area contributed by atoms with Crippen LogP contribution >= 0.6 is 0 Å². The van der Waals surface area contributed by atoms with Gasteiger partial charge in [-0.3, -0.25) is 5.32 Å². The topological polar surface area (TPSA) is 35.8 Å². The minimum Gasteiger partial charge on any atom is -0.300 e. The van der Waals surface area contributed by atoms with Gasteiger partial charge in [0.1, 0.15) is 5.54 Å². The van der Waals surface area contributed by atoms with Gasteiger partial charge in [-0.15, -0.1) is 0 Å². The van der Waals surface area contributed by atoms with E-state index in [1.807, 2.05) is 13.8 Å². The lowest BCUT2D eigenvalue weighted by atomic mass is 10.1. The van der Waals surface area contributed by atoms with E-state index in [4.69, 9.17) is 5.26 Å². The van der Waals surface area contributed by atoms with Gasteiger partial charge in [0, 0.05) is 6.54 Å². The molecule has 1 aromatic carbocycles. The SMILES string of the molecule is CCc1ccc(CCNC(C)(C)C#N)cc1. The maximum atomic E-state index is 8.85. The van der Waals surface area contributed by atoms with Crippen LogP contribution in [0.25, 0.3) is 0 Å². The molecule has 0 unspecified atom stereocenters. The van der Waals surface area contributed by atoms with Crippen molar-refractivity contribution in [2.24, 2.45) is 0 Å². The van der Waals surface area contributed by atoms with Crippen molar-refractivity contribution in [2.45, 2.75) is 39.2 Å². The Balaban J connectivity index is 2.41. The van der Waals surface area contributed by atoms with Crippen molar-refractivity contribution in [3.05, 3.63) is 35.4 Å². The summed E-state index contributed by atoms with van der Waals surface area (Å²) in [5.74, 6) is 0. The molecule has 16 heavy (non-hydrogen) atoms. The van der Waals surface area contributed by atoms with Crippen LogP contribution in [0.2, 0.25) is 0 Å². The Morgan fingerprint density at radius 1 is 1.19 bits per heavy atom. The van der Waals surface area contributed by atoms with E-state index >= 15 is 0 Å². The third kappa shape index (κ3) is 4.04. The molecule has 0 saturated heterocycles. The van der Waals surface area contributed by atoms with Crippen molar-refractivity contribution in [2.75, 3.05) is 6.54 Å². The molecule has 0 spiro atoms. The predicted octanol–water partition coefficient (Wildman–Crippen LogP) is 2.68. The highest BCUT2D eigenvalue weighted by Gasteiger charge is 2.14. The molecule has 86 valence electrons. The Kier molecular flexibility index (Phi) is 4.52. The van der Waals surface area contributed by atoms with Gasteiger partial charge in [-0.05, 0) is 37.8 Å². The lowest BCUT2D eigenvalue weighted by Crippen LogP contribution is -2.38. The Bertz CT molecular complexity index is 357. The largest absolute Gasteiger partial charge is 0.300 e. The van der Waals surface area contributed by atoms with Crippen LogP contribution in [-0.4, -0.2) is 12.1 Å². The van der Waals surface area contributed by atoms with Crippen LogP contribution in [0.3, 0.4) is 0 Å². The molecule has 2 nitrogen and oxygen atoms in total. The first kappa shape index (κ1) is 12.7. The van der Waals surface area contributed by atoms with Gasteiger partial charge in [-0.1, -0.05) is 31.2 Å². The number of benzene rings is 1. The van der Waals surface area contributed by atoms with Gasteiger partial charge in [0.15, 0.2) is 0 Å². The lowest BCUT2D eigenvalue weighted by molar-refractivity contribution is 0.490. The molecule has 1 rings (SSSR count). The van der Waals surface area contributed by atoms with Crippen molar-refractivity contribution in [1.29, 1.82) is 5.26 Å².